The first-order valence-electron chi connectivity index (χ1n) is 5.49. The van der Waals surface area contributed by atoms with Crippen LogP contribution in [0.2, 0.25) is 0 Å². The highest BCUT2D eigenvalue weighted by Crippen LogP contribution is 2.64. The summed E-state index contributed by atoms with van der Waals surface area (Å²) in [5.41, 5.74) is 9.12. The molecule has 2 atom stereocenters. The summed E-state index contributed by atoms with van der Waals surface area (Å²) in [6.45, 7) is 6.93. The van der Waals surface area contributed by atoms with E-state index < -0.39 is 6.03 Å². The Morgan fingerprint density at radius 2 is 2.20 bits per heavy atom. The van der Waals surface area contributed by atoms with E-state index in [1.165, 1.54) is 12.8 Å². The second-order valence-electron chi connectivity index (χ2n) is 5.63. The fraction of sp³-hybridized carbons (Fsp3) is 0.818. The number of hydrazone groups is 1. The lowest BCUT2D eigenvalue weighted by Gasteiger charge is -2.33. The van der Waals surface area contributed by atoms with Crippen LogP contribution in [-0.4, -0.2) is 11.7 Å². The first kappa shape index (κ1) is 10.5. The summed E-state index contributed by atoms with van der Waals surface area (Å²) in [6.07, 6.45) is 3.44. The average molecular weight is 209 g/mol. The lowest BCUT2D eigenvalue weighted by molar-refractivity contribution is 0.152. The Kier molecular flexibility index (Phi) is 2.07. The minimum Gasteiger partial charge on any atom is -0.350 e. The van der Waals surface area contributed by atoms with Crippen LogP contribution in [0, 0.1) is 16.7 Å². The van der Waals surface area contributed by atoms with E-state index in [-0.39, 0.29) is 0 Å². The number of primary amides is 1. The number of hydrogen-bond acceptors (Lipinski definition) is 2. The van der Waals surface area contributed by atoms with E-state index in [1.807, 2.05) is 0 Å². The number of carbonyl (C=O) groups excluding carboxylic acids is 1. The fourth-order valence-electron chi connectivity index (χ4n) is 3.23. The molecule has 0 aromatic carbocycles. The summed E-state index contributed by atoms with van der Waals surface area (Å²) in [5, 5.41) is 4.14. The first-order valence-corrected chi connectivity index (χ1v) is 5.49. The van der Waals surface area contributed by atoms with Gasteiger partial charge in [0.15, 0.2) is 0 Å². The van der Waals surface area contributed by atoms with Gasteiger partial charge in [-0.15, -0.1) is 0 Å². The van der Waals surface area contributed by atoms with Crippen LogP contribution in [0.5, 0.6) is 0 Å². The van der Waals surface area contributed by atoms with Crippen molar-refractivity contribution < 1.29 is 4.79 Å². The summed E-state index contributed by atoms with van der Waals surface area (Å²) >= 11 is 0. The highest BCUT2D eigenvalue weighted by Gasteiger charge is 2.59. The average Bonchev–Trinajstić information content (AvgIpc) is 2.45. The number of fused-ring (bicyclic) bond motifs is 2. The number of nitrogens with two attached hydrogens (primary N) is 1. The quantitative estimate of drug-likeness (QED) is 0.636. The van der Waals surface area contributed by atoms with Gasteiger partial charge in [0.05, 0.1) is 0 Å². The van der Waals surface area contributed by atoms with Crippen LogP contribution in [0.4, 0.5) is 4.79 Å². The standard InChI is InChI=1S/C11H19N3O/c1-10(2)7-4-5-11(10,3)6-8(7)13-14-9(12)15/h7H,4-6H2,1-3H3,(H3,12,14,15)/b13-8+/t7-,11+/m0/s1. The van der Waals surface area contributed by atoms with Gasteiger partial charge in [0.25, 0.3) is 0 Å². The predicted octanol–water partition coefficient (Wildman–Crippen LogP) is 1.86. The normalized spacial score (nSPS) is 39.7. The van der Waals surface area contributed by atoms with Gasteiger partial charge in [-0.3, -0.25) is 0 Å². The van der Waals surface area contributed by atoms with E-state index >= 15 is 0 Å². The molecule has 0 unspecified atom stereocenters. The second kappa shape index (κ2) is 2.97. The third kappa shape index (κ3) is 1.34. The molecule has 0 radical (unpaired) electrons. The van der Waals surface area contributed by atoms with E-state index in [1.54, 1.807) is 0 Å². The molecule has 2 rings (SSSR count). The molecule has 0 aromatic heterocycles. The molecule has 15 heavy (non-hydrogen) atoms. The van der Waals surface area contributed by atoms with Crippen LogP contribution in [0.15, 0.2) is 5.10 Å². The zero-order valence-electron chi connectivity index (χ0n) is 9.63. The molecule has 2 fully saturated rings. The van der Waals surface area contributed by atoms with E-state index in [0.717, 1.165) is 12.1 Å². The molecule has 0 saturated heterocycles. The van der Waals surface area contributed by atoms with Crippen LogP contribution in [0.25, 0.3) is 0 Å². The molecule has 2 bridgehead atoms. The van der Waals surface area contributed by atoms with Gasteiger partial charge in [-0.1, -0.05) is 20.8 Å². The van der Waals surface area contributed by atoms with E-state index in [4.69, 9.17) is 5.73 Å². The maximum atomic E-state index is 10.6. The number of carbonyl (C=O) groups is 1. The van der Waals surface area contributed by atoms with Gasteiger partial charge in [-0.05, 0) is 30.1 Å². The lowest BCUT2D eigenvalue weighted by atomic mass is 9.71. The van der Waals surface area contributed by atoms with Crippen molar-refractivity contribution in [2.24, 2.45) is 27.6 Å². The number of urea groups is 1. The van der Waals surface area contributed by atoms with Crippen molar-refractivity contribution in [1.82, 2.24) is 5.43 Å². The molecule has 2 aliphatic rings. The molecular formula is C11H19N3O. The van der Waals surface area contributed by atoms with Gasteiger partial charge in [0.2, 0.25) is 0 Å². The van der Waals surface area contributed by atoms with Crippen LogP contribution in [0.1, 0.15) is 40.0 Å². The van der Waals surface area contributed by atoms with Crippen molar-refractivity contribution in [3.8, 4) is 0 Å². The zero-order chi connectivity index (χ0) is 11.3. The van der Waals surface area contributed by atoms with E-state index in [2.05, 4.69) is 31.3 Å². The summed E-state index contributed by atoms with van der Waals surface area (Å²) < 4.78 is 0. The van der Waals surface area contributed by atoms with Gasteiger partial charge in [0, 0.05) is 11.6 Å². The Bertz CT molecular complexity index is 332. The van der Waals surface area contributed by atoms with Crippen molar-refractivity contribution >= 4 is 11.7 Å². The number of nitrogens with zero attached hydrogens (tertiary/aromatic N) is 1. The lowest BCUT2D eigenvalue weighted by Crippen LogP contribution is -2.28. The third-order valence-electron chi connectivity index (χ3n) is 4.69. The molecule has 0 aromatic rings. The Labute approximate surface area is 90.3 Å². The van der Waals surface area contributed by atoms with E-state index in [9.17, 15) is 4.79 Å². The Hall–Kier alpha value is -1.06. The highest BCUT2D eigenvalue weighted by molar-refractivity contribution is 5.92. The van der Waals surface area contributed by atoms with Crippen LogP contribution in [-0.2, 0) is 0 Å². The van der Waals surface area contributed by atoms with Crippen molar-refractivity contribution in [3.05, 3.63) is 0 Å². The molecule has 4 heteroatoms. The topological polar surface area (TPSA) is 67.5 Å². The Morgan fingerprint density at radius 3 is 2.60 bits per heavy atom. The van der Waals surface area contributed by atoms with Gasteiger partial charge in [-0.25, -0.2) is 10.2 Å². The minimum absolute atomic E-state index is 0.297. The van der Waals surface area contributed by atoms with E-state index in [0.29, 0.717) is 16.7 Å². The van der Waals surface area contributed by atoms with Gasteiger partial charge in [0.1, 0.15) is 0 Å². The molecule has 84 valence electrons. The first-order chi connectivity index (χ1) is 6.87. The third-order valence-corrected chi connectivity index (χ3v) is 4.69. The summed E-state index contributed by atoms with van der Waals surface area (Å²) in [6, 6.07) is -0.576. The highest BCUT2D eigenvalue weighted by atomic mass is 16.2. The number of rotatable bonds is 1. The summed E-state index contributed by atoms with van der Waals surface area (Å²) in [5.74, 6) is 0.509. The van der Waals surface area contributed by atoms with Gasteiger partial charge >= 0.3 is 6.03 Å². The predicted molar refractivity (Wildman–Crippen MR) is 59.4 cm³/mol. The van der Waals surface area contributed by atoms with Crippen molar-refractivity contribution in [3.63, 3.8) is 0 Å². The van der Waals surface area contributed by atoms with Crippen molar-refractivity contribution in [2.45, 2.75) is 40.0 Å². The number of hydrogen-bond donors (Lipinski definition) is 2. The molecular weight excluding hydrogens is 190 g/mol. The molecule has 4 nitrogen and oxygen atoms in total. The molecule has 0 heterocycles. The largest absolute Gasteiger partial charge is 0.350 e. The number of nitrogens with one attached hydrogen (secondary N) is 1. The Balaban J connectivity index is 2.22. The van der Waals surface area contributed by atoms with Gasteiger partial charge < -0.3 is 5.73 Å². The zero-order valence-corrected chi connectivity index (χ0v) is 9.63. The summed E-state index contributed by atoms with van der Waals surface area (Å²) in [4.78, 5) is 10.6. The smallest absolute Gasteiger partial charge is 0.332 e. The van der Waals surface area contributed by atoms with Crippen molar-refractivity contribution in [2.75, 3.05) is 0 Å². The molecule has 3 N–H and O–H groups in total. The molecule has 2 aliphatic carbocycles. The molecule has 2 amide bonds. The summed E-state index contributed by atoms with van der Waals surface area (Å²) in [7, 11) is 0. The van der Waals surface area contributed by atoms with Gasteiger partial charge in [-0.2, -0.15) is 5.10 Å². The number of amides is 2. The second-order valence-corrected chi connectivity index (χ2v) is 5.63. The van der Waals surface area contributed by atoms with Crippen LogP contribution >= 0.6 is 0 Å². The van der Waals surface area contributed by atoms with Crippen molar-refractivity contribution in [1.29, 1.82) is 0 Å². The fourth-order valence-corrected chi connectivity index (χ4v) is 3.23. The molecule has 2 saturated carbocycles. The maximum absolute atomic E-state index is 10.6. The Morgan fingerprint density at radius 1 is 1.53 bits per heavy atom. The maximum Gasteiger partial charge on any atom is 0.332 e. The monoisotopic (exact) mass is 209 g/mol. The minimum atomic E-state index is -0.576. The molecule has 0 spiro atoms. The van der Waals surface area contributed by atoms with Crippen LogP contribution < -0.4 is 11.2 Å². The SMILES string of the molecule is CC1(C)[C@H]2CC[C@]1(C)C/C2=N\NC(N)=O. The van der Waals surface area contributed by atoms with Crippen LogP contribution in [0.3, 0.4) is 0 Å². The molecule has 0 aliphatic heterocycles.